The summed E-state index contributed by atoms with van der Waals surface area (Å²) in [5, 5.41) is 8.31. The van der Waals surface area contributed by atoms with Crippen molar-refractivity contribution in [2.45, 2.75) is 18.5 Å². The van der Waals surface area contributed by atoms with E-state index in [-0.39, 0.29) is 5.75 Å². The smallest absolute Gasteiger partial charge is 0.331 e. The van der Waals surface area contributed by atoms with Crippen molar-refractivity contribution < 1.29 is 24.2 Å². The van der Waals surface area contributed by atoms with Gasteiger partial charge in [0.15, 0.2) is 0 Å². The molecular formula is C7H12N2O5S. The van der Waals surface area contributed by atoms with Crippen molar-refractivity contribution in [1.29, 1.82) is 0 Å². The number of carbonyl (C=O) groups is 3. The highest BCUT2D eigenvalue weighted by Gasteiger charge is 2.23. The lowest BCUT2D eigenvalue weighted by Crippen LogP contribution is -2.41. The number of carboxylic acid groups (broad SMARTS) is 1. The molecule has 0 amide bonds. The van der Waals surface area contributed by atoms with Crippen LogP contribution in [0.5, 0.6) is 0 Å². The van der Waals surface area contributed by atoms with E-state index in [1.165, 1.54) is 0 Å². The number of thiol groups is 1. The molecule has 0 radical (unpaired) electrons. The number of carbonyl (C=O) groups excluding carboxylic acids is 2. The van der Waals surface area contributed by atoms with E-state index in [9.17, 15) is 14.4 Å². The van der Waals surface area contributed by atoms with Gasteiger partial charge in [0.25, 0.3) is 0 Å². The third-order valence-corrected chi connectivity index (χ3v) is 1.79. The molecule has 8 heteroatoms. The largest absolute Gasteiger partial charge is 0.481 e. The minimum Gasteiger partial charge on any atom is -0.481 e. The van der Waals surface area contributed by atoms with Crippen molar-refractivity contribution in [1.82, 2.24) is 0 Å². The van der Waals surface area contributed by atoms with E-state index in [1.807, 2.05) is 0 Å². The Balaban J connectivity index is 4.13. The Labute approximate surface area is 91.2 Å². The molecule has 0 aromatic carbocycles. The highest BCUT2D eigenvalue weighted by molar-refractivity contribution is 7.80. The monoisotopic (exact) mass is 236 g/mol. The average Bonchev–Trinajstić information content (AvgIpc) is 2.15. The van der Waals surface area contributed by atoms with Gasteiger partial charge in [0.2, 0.25) is 0 Å². The maximum absolute atomic E-state index is 11.0. The van der Waals surface area contributed by atoms with Crippen molar-refractivity contribution in [2.24, 2.45) is 11.5 Å². The number of hydrogen-bond acceptors (Lipinski definition) is 7. The van der Waals surface area contributed by atoms with E-state index in [2.05, 4.69) is 17.4 Å². The molecule has 7 nitrogen and oxygen atoms in total. The zero-order valence-electron chi connectivity index (χ0n) is 7.75. The fourth-order valence-corrected chi connectivity index (χ4v) is 0.746. The van der Waals surface area contributed by atoms with Crippen LogP contribution in [0.1, 0.15) is 6.42 Å². The fourth-order valence-electron chi connectivity index (χ4n) is 0.597. The zero-order chi connectivity index (χ0) is 12.0. The highest BCUT2D eigenvalue weighted by Crippen LogP contribution is 1.95. The molecule has 2 atom stereocenters. The van der Waals surface area contributed by atoms with E-state index >= 15 is 0 Å². The molecule has 0 heterocycles. The number of hydrogen-bond donors (Lipinski definition) is 4. The lowest BCUT2D eigenvalue weighted by molar-refractivity contribution is -0.162. The molecule has 0 spiro atoms. The summed E-state index contributed by atoms with van der Waals surface area (Å²) in [7, 11) is 0. The molecule has 86 valence electrons. The molecule has 0 aliphatic rings. The number of carboxylic acids is 1. The zero-order valence-corrected chi connectivity index (χ0v) is 8.65. The quantitative estimate of drug-likeness (QED) is 0.249. The van der Waals surface area contributed by atoms with Crippen molar-refractivity contribution in [3.05, 3.63) is 0 Å². The van der Waals surface area contributed by atoms with Gasteiger partial charge in [0.05, 0.1) is 6.42 Å². The number of rotatable bonds is 5. The van der Waals surface area contributed by atoms with Crippen LogP contribution in [-0.4, -0.2) is 40.9 Å². The van der Waals surface area contributed by atoms with Gasteiger partial charge in [0, 0.05) is 5.75 Å². The molecule has 0 saturated heterocycles. The van der Waals surface area contributed by atoms with Crippen molar-refractivity contribution in [3.8, 4) is 0 Å². The highest BCUT2D eigenvalue weighted by atomic mass is 32.1. The predicted octanol–water partition coefficient (Wildman–Crippen LogP) is -1.88. The molecule has 15 heavy (non-hydrogen) atoms. The Kier molecular flexibility index (Phi) is 5.90. The van der Waals surface area contributed by atoms with Crippen molar-refractivity contribution in [2.75, 3.05) is 5.75 Å². The second-order valence-electron chi connectivity index (χ2n) is 2.73. The average molecular weight is 236 g/mol. The van der Waals surface area contributed by atoms with Gasteiger partial charge in [-0.05, 0) is 0 Å². The minimum absolute atomic E-state index is 0.0142. The van der Waals surface area contributed by atoms with Crippen LogP contribution >= 0.6 is 12.6 Å². The Bertz CT molecular complexity index is 270. The topological polar surface area (TPSA) is 133 Å². The van der Waals surface area contributed by atoms with Gasteiger partial charge in [-0.15, -0.1) is 0 Å². The first-order chi connectivity index (χ1) is 6.88. The first kappa shape index (κ1) is 13.9. The normalized spacial score (nSPS) is 14.1. The van der Waals surface area contributed by atoms with Gasteiger partial charge in [-0.3, -0.25) is 4.79 Å². The Morgan fingerprint density at radius 1 is 1.20 bits per heavy atom. The molecule has 0 aromatic heterocycles. The van der Waals surface area contributed by atoms with E-state index in [1.54, 1.807) is 0 Å². The number of aliphatic carboxylic acids is 1. The van der Waals surface area contributed by atoms with Crippen molar-refractivity contribution >= 4 is 30.5 Å². The number of esters is 2. The standard InChI is InChI=1S/C7H12N2O5S/c8-3(1-5(10)11)6(12)14-7(13)4(9)2-15/h3-4,15H,1-2,8-9H2,(H,10,11). The van der Waals surface area contributed by atoms with Crippen molar-refractivity contribution in [3.63, 3.8) is 0 Å². The van der Waals surface area contributed by atoms with Crippen LogP contribution in [0.15, 0.2) is 0 Å². The molecule has 0 bridgehead atoms. The predicted molar refractivity (Wildman–Crippen MR) is 53.2 cm³/mol. The van der Waals surface area contributed by atoms with Crippen LogP contribution in [0.2, 0.25) is 0 Å². The van der Waals surface area contributed by atoms with Gasteiger partial charge in [-0.2, -0.15) is 12.6 Å². The molecule has 5 N–H and O–H groups in total. The molecule has 0 saturated carbocycles. The third kappa shape index (κ3) is 5.35. The number of nitrogens with two attached hydrogens (primary N) is 2. The molecular weight excluding hydrogens is 224 g/mol. The SMILES string of the molecule is NC(CS)C(=O)OC(=O)C(N)CC(=O)O. The summed E-state index contributed by atoms with van der Waals surface area (Å²) in [6.45, 7) is 0. The summed E-state index contributed by atoms with van der Waals surface area (Å²) in [4.78, 5) is 32.1. The molecule has 2 unspecified atom stereocenters. The Hall–Kier alpha value is -1.12. The lowest BCUT2D eigenvalue weighted by Gasteiger charge is -2.10. The summed E-state index contributed by atoms with van der Waals surface area (Å²) in [5.74, 6) is -3.33. The molecule has 0 aliphatic heterocycles. The lowest BCUT2D eigenvalue weighted by atomic mass is 10.2. The third-order valence-electron chi connectivity index (χ3n) is 1.40. The van der Waals surface area contributed by atoms with E-state index < -0.39 is 36.4 Å². The van der Waals surface area contributed by atoms with Crippen LogP contribution in [0.4, 0.5) is 0 Å². The summed E-state index contributed by atoms with van der Waals surface area (Å²) in [5.41, 5.74) is 10.3. The molecule has 0 aliphatic carbocycles. The van der Waals surface area contributed by atoms with Gasteiger partial charge in [-0.1, -0.05) is 0 Å². The summed E-state index contributed by atoms with van der Waals surface area (Å²) >= 11 is 3.72. The summed E-state index contributed by atoms with van der Waals surface area (Å²) in [6, 6.07) is -2.41. The maximum atomic E-state index is 11.0. The molecule has 0 rings (SSSR count). The van der Waals surface area contributed by atoms with Gasteiger partial charge < -0.3 is 21.3 Å². The second-order valence-corrected chi connectivity index (χ2v) is 3.10. The number of ether oxygens (including phenoxy) is 1. The van der Waals surface area contributed by atoms with Gasteiger partial charge >= 0.3 is 17.9 Å². The van der Waals surface area contributed by atoms with E-state index in [0.29, 0.717) is 0 Å². The van der Waals surface area contributed by atoms with Crippen LogP contribution in [0.25, 0.3) is 0 Å². The second kappa shape index (κ2) is 6.38. The van der Waals surface area contributed by atoms with Crippen LogP contribution in [-0.2, 0) is 19.1 Å². The minimum atomic E-state index is -1.38. The van der Waals surface area contributed by atoms with E-state index in [0.717, 1.165) is 0 Å². The first-order valence-electron chi connectivity index (χ1n) is 3.97. The Morgan fingerprint density at radius 3 is 2.07 bits per heavy atom. The first-order valence-corrected chi connectivity index (χ1v) is 4.61. The summed E-state index contributed by atoms with van der Waals surface area (Å²) < 4.78 is 4.23. The van der Waals surface area contributed by atoms with Crippen LogP contribution < -0.4 is 11.5 Å². The van der Waals surface area contributed by atoms with Gasteiger partial charge in [0.1, 0.15) is 12.1 Å². The van der Waals surface area contributed by atoms with E-state index in [4.69, 9.17) is 16.6 Å². The molecule has 0 aromatic rings. The Morgan fingerprint density at radius 2 is 1.67 bits per heavy atom. The summed E-state index contributed by atoms with van der Waals surface area (Å²) in [6.07, 6.45) is -0.609. The van der Waals surface area contributed by atoms with Crippen LogP contribution in [0, 0.1) is 0 Å². The fraction of sp³-hybridized carbons (Fsp3) is 0.571. The van der Waals surface area contributed by atoms with Gasteiger partial charge in [-0.25, -0.2) is 9.59 Å². The van der Waals surface area contributed by atoms with Crippen LogP contribution in [0.3, 0.4) is 0 Å². The molecule has 0 fully saturated rings. The maximum Gasteiger partial charge on any atom is 0.331 e.